The van der Waals surface area contributed by atoms with Crippen molar-refractivity contribution in [2.24, 2.45) is 5.92 Å². The zero-order chi connectivity index (χ0) is 40.2. The van der Waals surface area contributed by atoms with E-state index in [9.17, 15) is 0 Å². The first-order valence-corrected chi connectivity index (χ1v) is 23.7. The minimum Gasteiger partial charge on any atom is -0.476 e. The van der Waals surface area contributed by atoms with Gasteiger partial charge in [-0.2, -0.15) is 0 Å². The standard InChI is InChI=1S/C25H15N2O.C19H26GeN.Ir/c1-2-8-18(9-3-1)27-22-12-6-5-11-21(22)26-25(27)17-14-15-20-19-10-4-7-13-23(19)28-24(20)16-17;1-14(2)11-17-12-19(16-9-7-15(3)8-10-16)21-13-18(17)20(4,5)6;/h1-13,15-16H;7-9,12-14H,11H2,1-6H3;/q2*-1;/i;3D3,7D,8D,11D2;. The van der Waals surface area contributed by atoms with Crippen molar-refractivity contribution in [3.63, 3.8) is 0 Å². The van der Waals surface area contributed by atoms with Crippen LogP contribution in [0.2, 0.25) is 17.3 Å². The molecular weight excluding hydrogens is 851 g/mol. The maximum absolute atomic E-state index is 8.61. The molecule has 6 heteroatoms. The smallest absolute Gasteiger partial charge is 0.123 e. The van der Waals surface area contributed by atoms with Crippen LogP contribution in [0.4, 0.5) is 0 Å². The number of aromatic nitrogens is 3. The molecule has 8 rings (SSSR count). The summed E-state index contributed by atoms with van der Waals surface area (Å²) < 4.78 is 65.0. The normalized spacial score (nSPS) is 14.1. The Morgan fingerprint density at radius 3 is 2.40 bits per heavy atom. The topological polar surface area (TPSA) is 43.9 Å². The first kappa shape index (κ1) is 27.4. The Bertz CT molecular complexity index is 2700. The van der Waals surface area contributed by atoms with Crippen molar-refractivity contribution in [1.82, 2.24) is 14.5 Å². The number of nitrogens with zero attached hydrogens (tertiary/aromatic N) is 3. The summed E-state index contributed by atoms with van der Waals surface area (Å²) in [5.74, 6) is 7.15. The second-order valence-corrected chi connectivity index (χ2v) is 23.9. The van der Waals surface area contributed by atoms with E-state index in [0.717, 1.165) is 54.4 Å². The van der Waals surface area contributed by atoms with Gasteiger partial charge in [0.15, 0.2) is 0 Å². The van der Waals surface area contributed by atoms with Crippen molar-refractivity contribution in [1.29, 1.82) is 0 Å². The van der Waals surface area contributed by atoms with Crippen LogP contribution in [0, 0.1) is 24.9 Å². The molecule has 0 fully saturated rings. The molecule has 1 radical (unpaired) electrons. The molecule has 0 N–H and O–H groups in total. The number of hydrogen-bond acceptors (Lipinski definition) is 3. The minimum absolute atomic E-state index is 0. The van der Waals surface area contributed by atoms with Crippen LogP contribution in [0.25, 0.3) is 61.3 Å². The van der Waals surface area contributed by atoms with Gasteiger partial charge in [-0.15, -0.1) is 17.7 Å². The molecule has 8 aromatic rings. The number of para-hydroxylation sites is 4. The van der Waals surface area contributed by atoms with E-state index >= 15 is 0 Å². The Morgan fingerprint density at radius 1 is 0.880 bits per heavy atom. The molecule has 0 saturated carbocycles. The second kappa shape index (κ2) is 14.9. The molecule has 50 heavy (non-hydrogen) atoms. The third-order valence-electron chi connectivity index (χ3n) is 8.24. The predicted octanol–water partition coefficient (Wildman–Crippen LogP) is 11.0. The number of rotatable bonds is 6. The molecule has 0 saturated heterocycles. The van der Waals surface area contributed by atoms with Gasteiger partial charge in [-0.05, 0) is 35.7 Å². The van der Waals surface area contributed by atoms with Crippen molar-refractivity contribution < 1.29 is 34.1 Å². The average molecular weight is 900 g/mol. The second-order valence-electron chi connectivity index (χ2n) is 13.3. The van der Waals surface area contributed by atoms with E-state index in [1.54, 1.807) is 12.3 Å². The zero-order valence-electron chi connectivity index (χ0n) is 35.6. The fourth-order valence-corrected chi connectivity index (χ4v) is 8.90. The average Bonchev–Trinajstić information content (AvgIpc) is 3.72. The molecule has 0 spiro atoms. The summed E-state index contributed by atoms with van der Waals surface area (Å²) in [6.07, 6.45) is 0.154. The van der Waals surface area contributed by atoms with Crippen molar-refractivity contribution in [2.75, 3.05) is 0 Å². The predicted molar refractivity (Wildman–Crippen MR) is 207 cm³/mol. The van der Waals surface area contributed by atoms with Crippen LogP contribution >= 0.6 is 0 Å². The first-order valence-electron chi connectivity index (χ1n) is 19.9. The molecule has 253 valence electrons. The van der Waals surface area contributed by atoms with E-state index in [1.807, 2.05) is 80.6 Å². The summed E-state index contributed by atoms with van der Waals surface area (Å²) in [6.45, 7) is 1.11. The van der Waals surface area contributed by atoms with E-state index in [2.05, 4.69) is 63.2 Å². The largest absolute Gasteiger partial charge is 0.476 e. The maximum Gasteiger partial charge on any atom is 0.123 e. The molecule has 0 bridgehead atoms. The molecule has 0 aliphatic rings. The number of fused-ring (bicyclic) bond motifs is 4. The Kier molecular flexibility index (Phi) is 8.18. The van der Waals surface area contributed by atoms with Crippen LogP contribution < -0.4 is 4.40 Å². The van der Waals surface area contributed by atoms with Crippen molar-refractivity contribution in [2.45, 2.75) is 44.3 Å². The quantitative estimate of drug-likeness (QED) is 0.123. The zero-order valence-corrected chi connectivity index (χ0v) is 33.0. The minimum atomic E-state index is -2.55. The van der Waals surface area contributed by atoms with Gasteiger partial charge in [-0.25, -0.2) is 0 Å². The molecular formula is C44H41GeIrN3O-2. The van der Waals surface area contributed by atoms with Crippen molar-refractivity contribution in [3.8, 4) is 28.3 Å². The van der Waals surface area contributed by atoms with Crippen LogP contribution in [0.3, 0.4) is 0 Å². The Labute approximate surface area is 321 Å². The van der Waals surface area contributed by atoms with Crippen LogP contribution in [-0.4, -0.2) is 27.8 Å². The van der Waals surface area contributed by atoms with Gasteiger partial charge in [-0.3, -0.25) is 4.98 Å². The summed E-state index contributed by atoms with van der Waals surface area (Å²) in [7, 11) is 0. The third kappa shape index (κ3) is 7.41. The van der Waals surface area contributed by atoms with Gasteiger partial charge in [0.1, 0.15) is 5.58 Å². The molecule has 3 aromatic heterocycles. The van der Waals surface area contributed by atoms with Crippen molar-refractivity contribution >= 4 is 50.6 Å². The molecule has 0 atom stereocenters. The number of imidazole rings is 1. The summed E-state index contributed by atoms with van der Waals surface area (Å²) in [4.78, 5) is 9.37. The summed E-state index contributed by atoms with van der Waals surface area (Å²) in [5.41, 5.74) is 6.73. The molecule has 0 aliphatic carbocycles. The molecule has 4 nitrogen and oxygen atoms in total. The molecule has 3 heterocycles. The molecule has 0 unspecified atom stereocenters. The van der Waals surface area contributed by atoms with E-state index < -0.39 is 26.5 Å². The first-order chi connectivity index (χ1) is 26.4. The van der Waals surface area contributed by atoms with E-state index in [0.29, 0.717) is 16.8 Å². The SMILES string of the molecule is [2H]c1[c-]c(-c2cc(C([2H])([2H])C(C)C)[c]([Ge]([CH3])([CH3])[CH3])cn2)cc([2H])c1C([2H])([2H])[2H].[Ir].[c-]1cc2c(cc1-c1nc3ccccc3n1-c1ccccc1)oc1ccccc12. The number of furan rings is 1. The van der Waals surface area contributed by atoms with Gasteiger partial charge >= 0.3 is 141 Å². The monoisotopic (exact) mass is 901 g/mol. The fraction of sp³-hybridized carbons (Fsp3) is 0.182. The van der Waals surface area contributed by atoms with Gasteiger partial charge < -0.3 is 8.98 Å². The van der Waals surface area contributed by atoms with Crippen LogP contribution in [0.15, 0.2) is 126 Å². The Hall–Kier alpha value is -4.29. The van der Waals surface area contributed by atoms with Crippen LogP contribution in [-0.2, 0) is 26.5 Å². The Balaban J connectivity index is 0.000000189. The number of benzene rings is 5. The van der Waals surface area contributed by atoms with Crippen molar-refractivity contribution in [3.05, 3.63) is 145 Å². The van der Waals surface area contributed by atoms with E-state index in [1.165, 1.54) is 6.07 Å². The van der Waals surface area contributed by atoms with E-state index in [-0.39, 0.29) is 43.7 Å². The third-order valence-corrected chi connectivity index (χ3v) is 12.5. The molecule has 0 aliphatic heterocycles. The molecule has 5 aromatic carbocycles. The Morgan fingerprint density at radius 2 is 1.64 bits per heavy atom. The summed E-state index contributed by atoms with van der Waals surface area (Å²) in [5, 5.41) is 2.18. The van der Waals surface area contributed by atoms with Crippen LogP contribution in [0.1, 0.15) is 34.6 Å². The van der Waals surface area contributed by atoms with Gasteiger partial charge in [0.2, 0.25) is 0 Å². The van der Waals surface area contributed by atoms with Gasteiger partial charge in [0.05, 0.1) is 22.4 Å². The summed E-state index contributed by atoms with van der Waals surface area (Å²) >= 11 is -2.42. The van der Waals surface area contributed by atoms with Gasteiger partial charge in [0, 0.05) is 25.8 Å². The number of pyridine rings is 1. The van der Waals surface area contributed by atoms with Gasteiger partial charge in [0.25, 0.3) is 0 Å². The molecule has 0 amide bonds. The summed E-state index contributed by atoms with van der Waals surface area (Å²) in [6, 6.07) is 39.2. The van der Waals surface area contributed by atoms with Crippen LogP contribution in [0.5, 0.6) is 0 Å². The maximum atomic E-state index is 8.61. The number of hydrogen-bond donors (Lipinski definition) is 0. The van der Waals surface area contributed by atoms with Gasteiger partial charge in [-0.1, -0.05) is 60.0 Å². The van der Waals surface area contributed by atoms with E-state index in [4.69, 9.17) is 19.0 Å². The fourth-order valence-electron chi connectivity index (χ4n) is 5.95.